The molecule has 2 rings (SSSR count). The first kappa shape index (κ1) is 42.8. The van der Waals surface area contributed by atoms with Gasteiger partial charge in [-0.1, -0.05) is 56.3 Å². The number of carboxylic acids is 2. The van der Waals surface area contributed by atoms with E-state index >= 15 is 0 Å². The van der Waals surface area contributed by atoms with Crippen LogP contribution in [0.25, 0.3) is 0 Å². The van der Waals surface area contributed by atoms with Crippen LogP contribution in [0.3, 0.4) is 0 Å². The van der Waals surface area contributed by atoms with Crippen LogP contribution in [0.2, 0.25) is 0 Å². The Morgan fingerprint density at radius 3 is 1.87 bits per heavy atom. The summed E-state index contributed by atoms with van der Waals surface area (Å²) in [7, 11) is -3.97. The van der Waals surface area contributed by atoms with E-state index in [4.69, 9.17) is 0 Å². The molecule has 4 amide bonds. The van der Waals surface area contributed by atoms with Crippen molar-refractivity contribution >= 4 is 51.4 Å². The van der Waals surface area contributed by atoms with Crippen molar-refractivity contribution in [3.8, 4) is 5.75 Å². The molecule has 4 unspecified atom stereocenters. The van der Waals surface area contributed by atoms with Gasteiger partial charge in [0.05, 0.1) is 24.8 Å². The fourth-order valence-corrected chi connectivity index (χ4v) is 5.89. The van der Waals surface area contributed by atoms with Crippen LogP contribution in [-0.4, -0.2) is 102 Å². The van der Waals surface area contributed by atoms with Crippen molar-refractivity contribution in [2.75, 3.05) is 12.3 Å². The molecule has 0 aliphatic heterocycles. The normalized spacial score (nSPS) is 13.5. The van der Waals surface area contributed by atoms with E-state index in [1.54, 1.807) is 30.3 Å². The number of phenolic OH excluding ortho intramolecular Hbond substituents is 1. The summed E-state index contributed by atoms with van der Waals surface area (Å²) in [6.45, 7) is 3.39. The summed E-state index contributed by atoms with van der Waals surface area (Å²) in [6, 6.07) is 8.63. The molecule has 0 radical (unpaired) electrons. The van der Waals surface area contributed by atoms with Crippen LogP contribution in [0.4, 0.5) is 0 Å². The van der Waals surface area contributed by atoms with Crippen molar-refractivity contribution < 1.29 is 57.3 Å². The minimum absolute atomic E-state index is 0.0313. The highest BCUT2D eigenvalue weighted by Crippen LogP contribution is 2.13. The van der Waals surface area contributed by atoms with Gasteiger partial charge >= 0.3 is 11.9 Å². The molecule has 4 atom stereocenters. The third-order valence-corrected chi connectivity index (χ3v) is 8.98. The van der Waals surface area contributed by atoms with Crippen LogP contribution in [0.5, 0.6) is 5.75 Å². The van der Waals surface area contributed by atoms with E-state index in [9.17, 15) is 57.3 Å². The van der Waals surface area contributed by atoms with Gasteiger partial charge in [0.1, 0.15) is 23.9 Å². The fourth-order valence-electron chi connectivity index (χ4n) is 4.87. The second kappa shape index (κ2) is 20.5. The predicted octanol–water partition coefficient (Wildman–Crippen LogP) is -0.379. The van der Waals surface area contributed by atoms with Gasteiger partial charge in [-0.05, 0) is 42.0 Å². The molecule has 0 aliphatic rings. The lowest BCUT2D eigenvalue weighted by atomic mass is 10.00. The largest absolute Gasteiger partial charge is 0.508 e. The summed E-state index contributed by atoms with van der Waals surface area (Å²) in [4.78, 5) is 88.0. The number of hydrogen-bond acceptors (Lipinski definition) is 10. The number of aliphatic carboxylic acids is 2. The standard InChI is InChI=1S/C34H45N5O12S/c1-20(2)31(34(49)38-26(18-30(45)46)28(42)19-35-52(50,51)16-15-22-7-5-4-6-8-22)39-32(47)25(13-14-29(43)44)37-33(48)27(36-21(3)40)17-23-9-11-24(41)12-10-23/h4-12,20,25-27,31,35,41H,13-19H2,1-3H3,(H,36,40)(H,37,48)(H,38,49)(H,39,47)(H,43,44)(H,45,46). The maximum absolute atomic E-state index is 13.5. The summed E-state index contributed by atoms with van der Waals surface area (Å²) in [6.07, 6.45) is -1.81. The molecule has 0 heterocycles. The molecule has 0 saturated heterocycles. The minimum atomic E-state index is -3.97. The van der Waals surface area contributed by atoms with Crippen LogP contribution in [0.1, 0.15) is 51.2 Å². The number of sulfonamides is 1. The van der Waals surface area contributed by atoms with Crippen molar-refractivity contribution in [2.24, 2.45) is 5.92 Å². The van der Waals surface area contributed by atoms with Crippen molar-refractivity contribution in [3.63, 3.8) is 0 Å². The molecule has 0 bridgehead atoms. The zero-order valence-electron chi connectivity index (χ0n) is 29.0. The summed E-state index contributed by atoms with van der Waals surface area (Å²) in [5.41, 5.74) is 1.28. The molecule has 8 N–H and O–H groups in total. The smallest absolute Gasteiger partial charge is 0.305 e. The molecule has 2 aromatic rings. The Morgan fingerprint density at radius 1 is 0.712 bits per heavy atom. The third-order valence-electron chi connectivity index (χ3n) is 7.65. The van der Waals surface area contributed by atoms with Gasteiger partial charge in [0, 0.05) is 19.8 Å². The maximum Gasteiger partial charge on any atom is 0.305 e. The molecule has 52 heavy (non-hydrogen) atoms. The molecular weight excluding hydrogens is 702 g/mol. The number of aromatic hydroxyl groups is 1. The zero-order chi connectivity index (χ0) is 39.0. The van der Waals surface area contributed by atoms with Crippen molar-refractivity contribution in [2.45, 2.75) is 77.0 Å². The van der Waals surface area contributed by atoms with Gasteiger partial charge in [0.25, 0.3) is 0 Å². The molecule has 0 fully saturated rings. The van der Waals surface area contributed by atoms with E-state index in [1.165, 1.54) is 45.0 Å². The lowest BCUT2D eigenvalue weighted by molar-refractivity contribution is -0.141. The van der Waals surface area contributed by atoms with E-state index in [0.29, 0.717) is 5.56 Å². The van der Waals surface area contributed by atoms with Gasteiger partial charge in [-0.25, -0.2) is 13.1 Å². The number of amides is 4. The van der Waals surface area contributed by atoms with Gasteiger partial charge in [-0.2, -0.15) is 0 Å². The van der Waals surface area contributed by atoms with Gasteiger partial charge in [-0.15, -0.1) is 0 Å². The highest BCUT2D eigenvalue weighted by atomic mass is 32.2. The summed E-state index contributed by atoms with van der Waals surface area (Å²) in [5.74, 6) is -8.21. The molecule has 284 valence electrons. The summed E-state index contributed by atoms with van der Waals surface area (Å²) >= 11 is 0. The number of rotatable bonds is 22. The first-order chi connectivity index (χ1) is 24.4. The molecule has 0 aliphatic carbocycles. The Hall–Kier alpha value is -5.36. The lowest BCUT2D eigenvalue weighted by Crippen LogP contribution is -2.59. The number of benzene rings is 2. The number of ketones is 1. The van der Waals surface area contributed by atoms with E-state index in [0.717, 1.165) is 5.56 Å². The number of nitrogens with one attached hydrogen (secondary N) is 5. The van der Waals surface area contributed by atoms with Crippen molar-refractivity contribution in [1.82, 2.24) is 26.0 Å². The number of Topliss-reactive ketones (excluding diaryl/α,β-unsaturated/α-hetero) is 1. The van der Waals surface area contributed by atoms with E-state index in [-0.39, 0.29) is 24.3 Å². The molecule has 2 aromatic carbocycles. The first-order valence-electron chi connectivity index (χ1n) is 16.3. The van der Waals surface area contributed by atoms with E-state index < -0.39 is 107 Å². The average Bonchev–Trinajstić information content (AvgIpc) is 3.07. The van der Waals surface area contributed by atoms with Crippen LogP contribution >= 0.6 is 0 Å². The van der Waals surface area contributed by atoms with Gasteiger partial charge in [0.2, 0.25) is 33.7 Å². The quantitative estimate of drug-likeness (QED) is 0.0766. The monoisotopic (exact) mass is 747 g/mol. The van der Waals surface area contributed by atoms with Crippen molar-refractivity contribution in [3.05, 3.63) is 65.7 Å². The van der Waals surface area contributed by atoms with Gasteiger partial charge in [0.15, 0.2) is 5.78 Å². The van der Waals surface area contributed by atoms with Crippen molar-refractivity contribution in [1.29, 1.82) is 0 Å². The average molecular weight is 748 g/mol. The maximum atomic E-state index is 13.5. The van der Waals surface area contributed by atoms with Crippen LogP contribution < -0.4 is 26.0 Å². The number of hydrogen-bond donors (Lipinski definition) is 8. The van der Waals surface area contributed by atoms with Gasteiger partial charge < -0.3 is 36.6 Å². The molecule has 17 nitrogen and oxygen atoms in total. The van der Waals surface area contributed by atoms with Gasteiger partial charge in [-0.3, -0.25) is 33.6 Å². The third kappa shape index (κ3) is 15.7. The van der Waals surface area contributed by atoms with Crippen LogP contribution in [0, 0.1) is 5.92 Å². The number of carbonyl (C=O) groups excluding carboxylic acids is 5. The number of phenols is 1. The van der Waals surface area contributed by atoms with E-state index in [1.807, 2.05) is 0 Å². The number of aryl methyl sites for hydroxylation is 1. The Labute approximate surface area is 301 Å². The SMILES string of the molecule is CC(=O)NC(Cc1ccc(O)cc1)C(=O)NC(CCC(=O)O)C(=O)NC(C(=O)NC(CC(=O)O)C(=O)CNS(=O)(=O)CCc1ccccc1)C(C)C. The predicted molar refractivity (Wildman–Crippen MR) is 186 cm³/mol. The van der Waals surface area contributed by atoms with Crippen LogP contribution in [-0.2, 0) is 56.4 Å². The number of carbonyl (C=O) groups is 7. The first-order valence-corrected chi connectivity index (χ1v) is 18.0. The Bertz CT molecular complexity index is 1680. The molecular formula is C34H45N5O12S. The fraction of sp³-hybridized carbons (Fsp3) is 0.441. The molecule has 18 heteroatoms. The highest BCUT2D eigenvalue weighted by molar-refractivity contribution is 7.89. The topological polar surface area (TPSA) is 274 Å². The minimum Gasteiger partial charge on any atom is -0.508 e. The molecule has 0 aromatic heterocycles. The summed E-state index contributed by atoms with van der Waals surface area (Å²) in [5, 5.41) is 37.8. The Balaban J connectivity index is 2.18. The van der Waals surface area contributed by atoms with E-state index in [2.05, 4.69) is 26.0 Å². The lowest BCUT2D eigenvalue weighted by Gasteiger charge is -2.27. The van der Waals surface area contributed by atoms with Crippen LogP contribution in [0.15, 0.2) is 54.6 Å². The highest BCUT2D eigenvalue weighted by Gasteiger charge is 2.33. The molecule has 0 saturated carbocycles. The Morgan fingerprint density at radius 2 is 1.31 bits per heavy atom. The Kier molecular flexibility index (Phi) is 16.9. The second-order valence-electron chi connectivity index (χ2n) is 12.3. The number of carboxylic acid groups (broad SMARTS) is 2. The second-order valence-corrected chi connectivity index (χ2v) is 14.3. The molecule has 0 spiro atoms. The summed E-state index contributed by atoms with van der Waals surface area (Å²) < 4.78 is 27.2. The zero-order valence-corrected chi connectivity index (χ0v) is 29.8.